The number of rotatable bonds is 8. The number of carbonyl (C=O) groups is 1. The standard InChI is InChI=1S/C16H21N5O3S/c1-11(2)5-4-8-17-15(22)12-6-7-14(13(9-12)21(23)24)25-16-19-18-10-20(16)3/h6-7,9-11H,4-5,8H2,1-3H3,(H,17,22). The molecule has 0 bridgehead atoms. The number of nitrogens with zero attached hydrogens (tertiary/aromatic N) is 4. The number of nitro groups is 1. The summed E-state index contributed by atoms with van der Waals surface area (Å²) >= 11 is 1.14. The number of nitro benzene ring substituents is 1. The Morgan fingerprint density at radius 3 is 2.80 bits per heavy atom. The lowest BCUT2D eigenvalue weighted by molar-refractivity contribution is -0.387. The molecular formula is C16H21N5O3S. The third-order valence-electron chi connectivity index (χ3n) is 3.53. The number of hydrogen-bond donors (Lipinski definition) is 1. The first kappa shape index (κ1) is 18.9. The van der Waals surface area contributed by atoms with Crippen molar-refractivity contribution in [2.75, 3.05) is 6.54 Å². The topological polar surface area (TPSA) is 103 Å². The number of hydrogen-bond acceptors (Lipinski definition) is 6. The maximum Gasteiger partial charge on any atom is 0.284 e. The smallest absolute Gasteiger partial charge is 0.284 e. The molecule has 8 nitrogen and oxygen atoms in total. The van der Waals surface area contributed by atoms with E-state index < -0.39 is 4.92 Å². The third kappa shape index (κ3) is 5.28. The zero-order chi connectivity index (χ0) is 18.4. The molecule has 0 aliphatic carbocycles. The number of amides is 1. The minimum atomic E-state index is -0.492. The fourth-order valence-corrected chi connectivity index (χ4v) is 3.02. The molecular weight excluding hydrogens is 342 g/mol. The van der Waals surface area contributed by atoms with Crippen LogP contribution in [0.15, 0.2) is 34.6 Å². The summed E-state index contributed by atoms with van der Waals surface area (Å²) in [6.45, 7) is 4.80. The van der Waals surface area contributed by atoms with Crippen LogP contribution in [0.2, 0.25) is 0 Å². The molecule has 2 rings (SSSR count). The highest BCUT2D eigenvalue weighted by Gasteiger charge is 2.19. The largest absolute Gasteiger partial charge is 0.352 e. The number of nitrogens with one attached hydrogen (secondary N) is 1. The molecule has 0 radical (unpaired) electrons. The van der Waals surface area contributed by atoms with Gasteiger partial charge in [0.05, 0.1) is 9.82 Å². The average Bonchev–Trinajstić information content (AvgIpc) is 2.96. The molecule has 1 amide bonds. The highest BCUT2D eigenvalue weighted by atomic mass is 32.2. The molecule has 0 atom stereocenters. The maximum absolute atomic E-state index is 12.2. The number of aromatic nitrogens is 3. The van der Waals surface area contributed by atoms with Crippen molar-refractivity contribution < 1.29 is 9.72 Å². The van der Waals surface area contributed by atoms with Crippen molar-refractivity contribution in [3.8, 4) is 0 Å². The van der Waals surface area contributed by atoms with Crippen molar-refractivity contribution in [1.29, 1.82) is 0 Å². The molecule has 0 aliphatic heterocycles. The monoisotopic (exact) mass is 363 g/mol. The summed E-state index contributed by atoms with van der Waals surface area (Å²) in [7, 11) is 1.76. The molecule has 1 aromatic heterocycles. The molecule has 0 saturated heterocycles. The Bertz CT molecular complexity index is 760. The van der Waals surface area contributed by atoms with Crippen LogP contribution in [0.1, 0.15) is 37.0 Å². The fraction of sp³-hybridized carbons (Fsp3) is 0.438. The SMILES string of the molecule is CC(C)CCCNC(=O)c1ccc(Sc2nncn2C)c([N+](=O)[O-])c1. The highest BCUT2D eigenvalue weighted by molar-refractivity contribution is 7.99. The number of benzene rings is 1. The minimum absolute atomic E-state index is 0.122. The summed E-state index contributed by atoms with van der Waals surface area (Å²) in [5, 5.41) is 22.4. The molecule has 9 heteroatoms. The van der Waals surface area contributed by atoms with Crippen molar-refractivity contribution in [1.82, 2.24) is 20.1 Å². The van der Waals surface area contributed by atoms with Gasteiger partial charge in [0.15, 0.2) is 5.16 Å². The number of carbonyl (C=O) groups excluding carboxylic acids is 1. The van der Waals surface area contributed by atoms with Crippen LogP contribution in [0.4, 0.5) is 5.69 Å². The van der Waals surface area contributed by atoms with E-state index in [1.165, 1.54) is 12.4 Å². The first-order valence-corrected chi connectivity index (χ1v) is 8.78. The Balaban J connectivity index is 2.11. The van der Waals surface area contributed by atoms with Gasteiger partial charge in [-0.3, -0.25) is 14.9 Å². The second-order valence-corrected chi connectivity index (χ2v) is 7.07. The molecule has 25 heavy (non-hydrogen) atoms. The highest BCUT2D eigenvalue weighted by Crippen LogP contribution is 2.34. The molecule has 1 heterocycles. The van der Waals surface area contributed by atoms with Crippen LogP contribution in [-0.2, 0) is 7.05 Å². The predicted molar refractivity (Wildman–Crippen MR) is 94.6 cm³/mol. The Hall–Kier alpha value is -2.42. The normalized spacial score (nSPS) is 10.9. The van der Waals surface area contributed by atoms with Gasteiger partial charge >= 0.3 is 0 Å². The van der Waals surface area contributed by atoms with Gasteiger partial charge in [-0.15, -0.1) is 10.2 Å². The third-order valence-corrected chi connectivity index (χ3v) is 4.65. The molecule has 1 aromatic carbocycles. The van der Waals surface area contributed by atoms with E-state index in [9.17, 15) is 14.9 Å². The fourth-order valence-electron chi connectivity index (χ4n) is 2.17. The van der Waals surface area contributed by atoms with Crippen molar-refractivity contribution in [3.63, 3.8) is 0 Å². The average molecular weight is 363 g/mol. The van der Waals surface area contributed by atoms with Crippen molar-refractivity contribution in [2.24, 2.45) is 13.0 Å². The lowest BCUT2D eigenvalue weighted by Gasteiger charge is -2.08. The van der Waals surface area contributed by atoms with Gasteiger partial charge in [0.2, 0.25) is 0 Å². The van der Waals surface area contributed by atoms with Crippen LogP contribution < -0.4 is 5.32 Å². The first-order chi connectivity index (χ1) is 11.9. The summed E-state index contributed by atoms with van der Waals surface area (Å²) in [6, 6.07) is 4.46. The maximum atomic E-state index is 12.2. The van der Waals surface area contributed by atoms with Gasteiger partial charge in [0.25, 0.3) is 11.6 Å². The van der Waals surface area contributed by atoms with E-state index in [0.29, 0.717) is 22.5 Å². The van der Waals surface area contributed by atoms with Crippen molar-refractivity contribution in [2.45, 2.75) is 36.7 Å². The van der Waals surface area contributed by atoms with Gasteiger partial charge in [-0.05, 0) is 42.7 Å². The number of aryl methyl sites for hydroxylation is 1. The van der Waals surface area contributed by atoms with E-state index in [2.05, 4.69) is 29.4 Å². The summed E-state index contributed by atoms with van der Waals surface area (Å²) in [6.07, 6.45) is 3.42. The summed E-state index contributed by atoms with van der Waals surface area (Å²) in [4.78, 5) is 23.5. The lowest BCUT2D eigenvalue weighted by atomic mass is 10.1. The molecule has 0 spiro atoms. The molecule has 0 saturated carbocycles. The van der Waals surface area contributed by atoms with E-state index in [1.807, 2.05) is 0 Å². The van der Waals surface area contributed by atoms with Gasteiger partial charge < -0.3 is 9.88 Å². The Labute approximate surface area is 150 Å². The van der Waals surface area contributed by atoms with Crippen LogP contribution in [0.25, 0.3) is 0 Å². The van der Waals surface area contributed by atoms with Crippen LogP contribution >= 0.6 is 11.8 Å². The summed E-state index contributed by atoms with van der Waals surface area (Å²) in [5.41, 5.74) is 0.154. The molecule has 0 aliphatic rings. The van der Waals surface area contributed by atoms with E-state index in [1.54, 1.807) is 23.7 Å². The van der Waals surface area contributed by atoms with Gasteiger partial charge in [-0.2, -0.15) is 0 Å². The van der Waals surface area contributed by atoms with Gasteiger partial charge in [0.1, 0.15) is 6.33 Å². The first-order valence-electron chi connectivity index (χ1n) is 7.97. The Morgan fingerprint density at radius 2 is 2.20 bits per heavy atom. The van der Waals surface area contributed by atoms with E-state index in [4.69, 9.17) is 0 Å². The zero-order valence-corrected chi connectivity index (χ0v) is 15.2. The quantitative estimate of drug-likeness (QED) is 0.439. The second kappa shape index (κ2) is 8.61. The minimum Gasteiger partial charge on any atom is -0.352 e. The van der Waals surface area contributed by atoms with E-state index in [0.717, 1.165) is 24.6 Å². The molecule has 2 aromatic rings. The van der Waals surface area contributed by atoms with Gasteiger partial charge in [0, 0.05) is 25.2 Å². The lowest BCUT2D eigenvalue weighted by Crippen LogP contribution is -2.24. The predicted octanol–water partition coefficient (Wildman–Crippen LogP) is 3.04. The molecule has 0 fully saturated rings. The Morgan fingerprint density at radius 1 is 1.44 bits per heavy atom. The summed E-state index contributed by atoms with van der Waals surface area (Å²) < 4.78 is 1.67. The van der Waals surface area contributed by atoms with Gasteiger partial charge in [-0.1, -0.05) is 13.8 Å². The molecule has 0 unspecified atom stereocenters. The second-order valence-electron chi connectivity index (χ2n) is 6.06. The molecule has 1 N–H and O–H groups in total. The zero-order valence-electron chi connectivity index (χ0n) is 14.4. The summed E-state index contributed by atoms with van der Waals surface area (Å²) in [5.74, 6) is 0.275. The van der Waals surface area contributed by atoms with Crippen LogP contribution in [-0.4, -0.2) is 32.1 Å². The van der Waals surface area contributed by atoms with E-state index in [-0.39, 0.29) is 17.2 Å². The van der Waals surface area contributed by atoms with Crippen molar-refractivity contribution >= 4 is 23.4 Å². The van der Waals surface area contributed by atoms with Gasteiger partial charge in [-0.25, -0.2) is 0 Å². The molecule has 134 valence electrons. The van der Waals surface area contributed by atoms with Crippen molar-refractivity contribution in [3.05, 3.63) is 40.2 Å². The Kier molecular flexibility index (Phi) is 6.51. The van der Waals surface area contributed by atoms with Crippen LogP contribution in [0, 0.1) is 16.0 Å². The van der Waals surface area contributed by atoms with E-state index >= 15 is 0 Å². The van der Waals surface area contributed by atoms with Crippen LogP contribution in [0.5, 0.6) is 0 Å². The van der Waals surface area contributed by atoms with Crippen LogP contribution in [0.3, 0.4) is 0 Å².